The lowest BCUT2D eigenvalue weighted by Crippen LogP contribution is -2.31. The van der Waals surface area contributed by atoms with Gasteiger partial charge >= 0.3 is 18.1 Å². The van der Waals surface area contributed by atoms with Crippen LogP contribution in [0, 0.1) is 0 Å². The number of nitrogens with zero attached hydrogens (tertiary/aromatic N) is 2. The summed E-state index contributed by atoms with van der Waals surface area (Å²) in [6.45, 7) is 0.646. The van der Waals surface area contributed by atoms with Crippen LogP contribution in [0.15, 0.2) is 42.7 Å². The minimum atomic E-state index is -5.08. The Kier molecular flexibility index (Phi) is 7.29. The first-order chi connectivity index (χ1) is 16.0. The second-order valence-corrected chi connectivity index (χ2v) is 7.25. The molecule has 3 aromatic heterocycles. The van der Waals surface area contributed by atoms with E-state index in [-0.39, 0.29) is 12.3 Å². The third-order valence-corrected chi connectivity index (χ3v) is 4.83. The molecule has 0 bridgehead atoms. The molecule has 34 heavy (non-hydrogen) atoms. The van der Waals surface area contributed by atoms with E-state index in [4.69, 9.17) is 15.0 Å². The summed E-state index contributed by atoms with van der Waals surface area (Å²) in [5, 5.41) is 18.7. The van der Waals surface area contributed by atoms with Gasteiger partial charge in [0, 0.05) is 60.0 Å². The lowest BCUT2D eigenvalue weighted by molar-refractivity contribution is -0.192. The molecule has 1 amide bonds. The first kappa shape index (κ1) is 24.4. The van der Waals surface area contributed by atoms with Crippen LogP contribution < -0.4 is 5.32 Å². The van der Waals surface area contributed by atoms with Gasteiger partial charge in [-0.2, -0.15) is 13.2 Å². The first-order valence-corrected chi connectivity index (χ1v) is 9.98. The molecule has 178 valence electrons. The number of alkyl halides is 3. The lowest BCUT2D eigenvalue weighted by Gasteiger charge is -2.10. The van der Waals surface area contributed by atoms with E-state index in [0.717, 1.165) is 40.3 Å². The molecule has 9 nitrogen and oxygen atoms in total. The number of nitrogens with one attached hydrogen (secondary N) is 2. The Morgan fingerprint density at radius 3 is 2.38 bits per heavy atom. The summed E-state index contributed by atoms with van der Waals surface area (Å²) in [5.41, 5.74) is 5.83. The number of fused-ring (bicyclic) bond motifs is 1. The fourth-order valence-corrected chi connectivity index (χ4v) is 3.16. The van der Waals surface area contributed by atoms with Crippen LogP contribution in [0.3, 0.4) is 0 Å². The number of aliphatic carboxylic acids is 2. The highest BCUT2D eigenvalue weighted by atomic mass is 19.4. The summed E-state index contributed by atoms with van der Waals surface area (Å²) in [7, 11) is 0. The number of halogens is 3. The van der Waals surface area contributed by atoms with Crippen molar-refractivity contribution in [3.63, 3.8) is 0 Å². The Hall–Kier alpha value is -4.22. The molecule has 4 heterocycles. The van der Waals surface area contributed by atoms with E-state index in [9.17, 15) is 22.8 Å². The number of rotatable bonds is 5. The van der Waals surface area contributed by atoms with E-state index in [1.165, 1.54) is 0 Å². The summed E-state index contributed by atoms with van der Waals surface area (Å²) >= 11 is 0. The van der Waals surface area contributed by atoms with Gasteiger partial charge in [0.25, 0.3) is 5.91 Å². The van der Waals surface area contributed by atoms with Crippen molar-refractivity contribution in [3.8, 4) is 22.5 Å². The number of hydrogen-bond acceptors (Lipinski definition) is 5. The van der Waals surface area contributed by atoms with E-state index in [0.29, 0.717) is 18.5 Å². The molecule has 0 aliphatic carbocycles. The first-order valence-electron chi connectivity index (χ1n) is 9.98. The summed E-state index contributed by atoms with van der Waals surface area (Å²) in [6.07, 6.45) is -0.398. The van der Waals surface area contributed by atoms with E-state index < -0.39 is 18.1 Å². The van der Waals surface area contributed by atoms with Crippen molar-refractivity contribution in [2.24, 2.45) is 0 Å². The van der Waals surface area contributed by atoms with Gasteiger partial charge in [0.15, 0.2) is 0 Å². The van der Waals surface area contributed by atoms with E-state index in [1.807, 2.05) is 30.3 Å². The summed E-state index contributed by atoms with van der Waals surface area (Å²) in [4.78, 5) is 43.6. The molecule has 3 aromatic rings. The van der Waals surface area contributed by atoms with Gasteiger partial charge < -0.3 is 20.5 Å². The van der Waals surface area contributed by atoms with Crippen LogP contribution in [-0.4, -0.2) is 55.7 Å². The summed E-state index contributed by atoms with van der Waals surface area (Å²) in [5.74, 6) is -3.64. The number of carboxylic acid groups (broad SMARTS) is 2. The molecular weight excluding hydrogens is 457 g/mol. The van der Waals surface area contributed by atoms with Gasteiger partial charge in [-0.1, -0.05) is 0 Å². The van der Waals surface area contributed by atoms with Crippen molar-refractivity contribution in [1.82, 2.24) is 20.3 Å². The highest BCUT2D eigenvalue weighted by molar-refractivity contribution is 5.97. The van der Waals surface area contributed by atoms with Crippen LogP contribution >= 0.6 is 0 Å². The monoisotopic (exact) mass is 476 g/mol. The Morgan fingerprint density at radius 2 is 1.79 bits per heavy atom. The second kappa shape index (κ2) is 10.1. The van der Waals surface area contributed by atoms with Gasteiger partial charge in [0.2, 0.25) is 0 Å². The zero-order valence-electron chi connectivity index (χ0n) is 17.5. The van der Waals surface area contributed by atoms with Crippen molar-refractivity contribution in [2.75, 3.05) is 6.54 Å². The van der Waals surface area contributed by atoms with Gasteiger partial charge in [0.05, 0.1) is 17.7 Å². The predicted molar refractivity (Wildman–Crippen MR) is 113 cm³/mol. The van der Waals surface area contributed by atoms with Gasteiger partial charge in [-0.15, -0.1) is 0 Å². The molecule has 1 aliphatic rings. The van der Waals surface area contributed by atoms with Crippen molar-refractivity contribution in [2.45, 2.75) is 25.4 Å². The number of aromatic nitrogens is 3. The van der Waals surface area contributed by atoms with Crippen molar-refractivity contribution in [3.05, 3.63) is 59.7 Å². The quantitative estimate of drug-likeness (QED) is 0.443. The molecule has 0 spiro atoms. The maximum absolute atomic E-state index is 12.0. The SMILES string of the molecule is O=C(O)C(F)(F)F.O=C(O)CCc1ccc(-c2cc(-c3cc4c([nH]3)CCNC4=O)ccn2)cn1. The molecule has 4 N–H and O–H groups in total. The molecule has 1 aliphatic heterocycles. The topological polar surface area (TPSA) is 145 Å². The van der Waals surface area contributed by atoms with Gasteiger partial charge in [0.1, 0.15) is 0 Å². The molecule has 0 atom stereocenters. The third-order valence-electron chi connectivity index (χ3n) is 4.83. The van der Waals surface area contributed by atoms with E-state index >= 15 is 0 Å². The minimum Gasteiger partial charge on any atom is -0.481 e. The average Bonchev–Trinajstić information content (AvgIpc) is 3.24. The van der Waals surface area contributed by atoms with Gasteiger partial charge in [-0.3, -0.25) is 19.6 Å². The highest BCUT2D eigenvalue weighted by Crippen LogP contribution is 2.27. The molecule has 4 rings (SSSR count). The number of pyridine rings is 2. The number of carbonyl (C=O) groups is 3. The molecule has 0 saturated carbocycles. The number of aryl methyl sites for hydroxylation is 1. The number of carbonyl (C=O) groups excluding carboxylic acids is 1. The minimum absolute atomic E-state index is 0.0471. The molecule has 0 radical (unpaired) electrons. The van der Waals surface area contributed by atoms with E-state index in [2.05, 4.69) is 20.3 Å². The number of amides is 1. The lowest BCUT2D eigenvalue weighted by atomic mass is 10.1. The second-order valence-electron chi connectivity index (χ2n) is 7.25. The van der Waals surface area contributed by atoms with Gasteiger partial charge in [-0.05, 0) is 30.3 Å². The average molecular weight is 476 g/mol. The van der Waals surface area contributed by atoms with Crippen molar-refractivity contribution < 1.29 is 37.8 Å². The molecule has 0 aromatic carbocycles. The van der Waals surface area contributed by atoms with Crippen LogP contribution in [0.1, 0.15) is 28.2 Å². The Morgan fingerprint density at radius 1 is 1.06 bits per heavy atom. The number of carboxylic acids is 2. The smallest absolute Gasteiger partial charge is 0.481 e. The fraction of sp³-hybridized carbons (Fsp3) is 0.227. The van der Waals surface area contributed by atoms with Crippen LogP contribution in [0.5, 0.6) is 0 Å². The maximum atomic E-state index is 12.0. The van der Waals surface area contributed by atoms with Crippen molar-refractivity contribution in [1.29, 1.82) is 0 Å². The molecule has 0 saturated heterocycles. The van der Waals surface area contributed by atoms with Crippen LogP contribution in [0.25, 0.3) is 22.5 Å². The highest BCUT2D eigenvalue weighted by Gasteiger charge is 2.38. The van der Waals surface area contributed by atoms with Crippen molar-refractivity contribution >= 4 is 17.8 Å². The normalized spacial score (nSPS) is 12.7. The largest absolute Gasteiger partial charge is 0.490 e. The van der Waals surface area contributed by atoms with E-state index in [1.54, 1.807) is 12.4 Å². The Bertz CT molecular complexity index is 1210. The zero-order valence-corrected chi connectivity index (χ0v) is 17.5. The van der Waals surface area contributed by atoms with Gasteiger partial charge in [-0.25, -0.2) is 4.79 Å². The molecular formula is C22H19F3N4O5. The molecule has 0 fully saturated rings. The number of hydrogen-bond donors (Lipinski definition) is 4. The maximum Gasteiger partial charge on any atom is 0.490 e. The van der Waals surface area contributed by atoms with Crippen LogP contribution in [0.2, 0.25) is 0 Å². The number of aromatic amines is 1. The van der Waals surface area contributed by atoms with Crippen LogP contribution in [-0.2, 0) is 22.4 Å². The Labute approximate surface area is 190 Å². The van der Waals surface area contributed by atoms with Crippen LogP contribution in [0.4, 0.5) is 13.2 Å². The standard InChI is InChI=1S/C20H18N4O3.C2HF3O2/c25-19(26)4-3-14-2-1-13(11-23-14)17-9-12(5-7-21-17)18-10-15-16(24-18)6-8-22-20(15)27;3-2(4,5)1(6)7/h1-2,5,7,9-11,24H,3-4,6,8H2,(H,22,27)(H,25,26);(H,6,7). The molecule has 12 heteroatoms. The number of H-pyrrole nitrogens is 1. The Balaban J connectivity index is 0.000000406. The zero-order chi connectivity index (χ0) is 24.9. The fourth-order valence-electron chi connectivity index (χ4n) is 3.16. The summed E-state index contributed by atoms with van der Waals surface area (Å²) < 4.78 is 31.7. The summed E-state index contributed by atoms with van der Waals surface area (Å²) in [6, 6.07) is 9.43. The predicted octanol–water partition coefficient (Wildman–Crippen LogP) is 3.08. The third kappa shape index (κ3) is 6.18. The molecule has 0 unspecified atom stereocenters.